The Labute approximate surface area is 336 Å². The first kappa shape index (κ1) is 35.1. The van der Waals surface area contributed by atoms with Crippen LogP contribution in [0.15, 0.2) is 158 Å². The van der Waals surface area contributed by atoms with Crippen LogP contribution in [-0.4, -0.2) is 29.1 Å². The van der Waals surface area contributed by atoms with Gasteiger partial charge in [0.25, 0.3) is 0 Å². The second-order valence-electron chi connectivity index (χ2n) is 15.2. The van der Waals surface area contributed by atoms with Crippen LogP contribution < -0.4 is 9.47 Å². The van der Waals surface area contributed by atoms with Crippen LogP contribution in [0.3, 0.4) is 0 Å². The van der Waals surface area contributed by atoms with Gasteiger partial charge in [0.15, 0.2) is 5.82 Å². The van der Waals surface area contributed by atoms with Gasteiger partial charge in [-0.15, -0.1) is 0 Å². The van der Waals surface area contributed by atoms with E-state index in [1.807, 2.05) is 42.7 Å². The van der Waals surface area contributed by atoms with Crippen molar-refractivity contribution >= 4 is 43.6 Å². The van der Waals surface area contributed by atoms with Crippen molar-refractivity contribution in [3.63, 3.8) is 0 Å². The van der Waals surface area contributed by atoms with Crippen LogP contribution in [-0.2, 0) is 0 Å². The highest BCUT2D eigenvalue weighted by molar-refractivity contribution is 6.10. The van der Waals surface area contributed by atoms with E-state index in [0.29, 0.717) is 40.7 Å². The highest BCUT2D eigenvalue weighted by Gasteiger charge is 2.18. The third kappa shape index (κ3) is 6.29. The van der Waals surface area contributed by atoms with Crippen molar-refractivity contribution in [3.05, 3.63) is 169 Å². The van der Waals surface area contributed by atoms with Crippen molar-refractivity contribution in [2.45, 2.75) is 39.5 Å². The highest BCUT2D eigenvalue weighted by Crippen LogP contribution is 2.39. The van der Waals surface area contributed by atoms with Gasteiger partial charge >= 0.3 is 0 Å². The number of pyridine rings is 2. The Hall–Kier alpha value is -7.32. The first-order valence-electron chi connectivity index (χ1n) is 19.7. The average molecular weight is 757 g/mol. The average Bonchev–Trinajstić information content (AvgIpc) is 3.76. The van der Waals surface area contributed by atoms with E-state index in [1.54, 1.807) is 18.5 Å². The number of fused-ring (bicyclic) bond motifs is 6. The van der Waals surface area contributed by atoms with Gasteiger partial charge in [-0.1, -0.05) is 64.1 Å². The molecule has 8 nitrogen and oxygen atoms in total. The number of benzene rings is 5. The van der Waals surface area contributed by atoms with Crippen molar-refractivity contribution in [2.24, 2.45) is 0 Å². The topological polar surface area (TPSA) is 79.9 Å². The van der Waals surface area contributed by atoms with Crippen molar-refractivity contribution in [2.75, 3.05) is 0 Å². The van der Waals surface area contributed by atoms with Gasteiger partial charge < -0.3 is 9.47 Å². The molecule has 0 saturated carbocycles. The second kappa shape index (κ2) is 14.3. The Morgan fingerprint density at radius 2 is 0.862 bits per heavy atom. The maximum Gasteiger partial charge on any atom is 0.159 e. The van der Waals surface area contributed by atoms with Gasteiger partial charge in [-0.25, -0.2) is 19.9 Å². The maximum atomic E-state index is 6.71. The molecular formula is C50H40N6O2. The molecule has 58 heavy (non-hydrogen) atoms. The summed E-state index contributed by atoms with van der Waals surface area (Å²) in [5.74, 6) is 5.58. The predicted molar refractivity (Wildman–Crippen MR) is 233 cm³/mol. The van der Waals surface area contributed by atoms with E-state index in [0.717, 1.165) is 60.8 Å². The van der Waals surface area contributed by atoms with Crippen LogP contribution in [0.4, 0.5) is 0 Å². The smallest absolute Gasteiger partial charge is 0.159 e. The molecule has 0 radical (unpaired) electrons. The summed E-state index contributed by atoms with van der Waals surface area (Å²) < 4.78 is 17.9. The predicted octanol–water partition coefficient (Wildman–Crippen LogP) is 13.0. The minimum absolute atomic E-state index is 0.372. The fourth-order valence-corrected chi connectivity index (χ4v) is 7.89. The Morgan fingerprint density at radius 3 is 1.34 bits per heavy atom. The largest absolute Gasteiger partial charge is 0.457 e. The molecule has 0 fully saturated rings. The third-order valence-corrected chi connectivity index (χ3v) is 10.8. The molecule has 5 aromatic carbocycles. The fourth-order valence-electron chi connectivity index (χ4n) is 7.89. The van der Waals surface area contributed by atoms with Crippen molar-refractivity contribution in [1.82, 2.24) is 29.1 Å². The van der Waals surface area contributed by atoms with Gasteiger partial charge in [0.05, 0.1) is 22.1 Å². The Balaban J connectivity index is 1.07. The van der Waals surface area contributed by atoms with E-state index in [-0.39, 0.29) is 0 Å². The summed E-state index contributed by atoms with van der Waals surface area (Å²) in [5.41, 5.74) is 7.40. The van der Waals surface area contributed by atoms with E-state index in [4.69, 9.17) is 19.4 Å². The van der Waals surface area contributed by atoms with Crippen LogP contribution in [0.1, 0.15) is 50.7 Å². The van der Waals surface area contributed by atoms with Gasteiger partial charge in [0.1, 0.15) is 34.6 Å². The van der Waals surface area contributed by atoms with E-state index >= 15 is 0 Å². The summed E-state index contributed by atoms with van der Waals surface area (Å²) in [6.07, 6.45) is 7.26. The molecule has 5 aromatic heterocycles. The van der Waals surface area contributed by atoms with Gasteiger partial charge in [-0.3, -0.25) is 9.13 Å². The maximum absolute atomic E-state index is 6.71. The minimum Gasteiger partial charge on any atom is -0.457 e. The fraction of sp³-hybridized carbons (Fsp3) is 0.120. The summed E-state index contributed by atoms with van der Waals surface area (Å²) in [5, 5.41) is 4.54. The summed E-state index contributed by atoms with van der Waals surface area (Å²) >= 11 is 0. The summed E-state index contributed by atoms with van der Waals surface area (Å²) in [7, 11) is 0. The summed E-state index contributed by atoms with van der Waals surface area (Å²) in [4.78, 5) is 18.8. The SMILES string of the molecule is CC(C)c1ccnc(-n2c3ccccc3c3ccc(Oc4cc(Oc5ccc6c7ccccc7n(-c7cc(C(C)C)ccn7)c6c5)cc(-c5ncccn5)c4)cc32)c1. The van der Waals surface area contributed by atoms with Crippen LogP contribution in [0, 0.1) is 0 Å². The zero-order valence-electron chi connectivity index (χ0n) is 32.7. The lowest BCUT2D eigenvalue weighted by molar-refractivity contribution is 0.461. The molecule has 0 aliphatic carbocycles. The minimum atomic E-state index is 0.372. The molecule has 282 valence electrons. The number of rotatable bonds is 9. The number of hydrogen-bond donors (Lipinski definition) is 0. The number of ether oxygens (including phenoxy) is 2. The molecule has 0 bridgehead atoms. The second-order valence-corrected chi connectivity index (χ2v) is 15.2. The quantitative estimate of drug-likeness (QED) is 0.146. The standard InChI is InChI=1S/C50H40N6O2/c1-31(2)33-18-22-51-48(26-33)55-44-12-7-5-10-40(44)42-16-14-36(29-46(42)55)57-38-24-35(50-53-20-9-21-54-50)25-39(28-38)58-37-15-17-43-41-11-6-8-13-45(41)56(47(43)30-37)49-27-34(32(3)4)19-23-52-49/h5-32H,1-4H3. The molecule has 0 atom stereocenters. The van der Waals surface area contributed by atoms with Gasteiger partial charge in [0, 0.05) is 70.1 Å². The number of hydrogen-bond acceptors (Lipinski definition) is 6. The van der Waals surface area contributed by atoms with Gasteiger partial charge in [0.2, 0.25) is 0 Å². The highest BCUT2D eigenvalue weighted by atomic mass is 16.5. The van der Waals surface area contributed by atoms with Crippen LogP contribution in [0.25, 0.3) is 66.6 Å². The Kier molecular flexibility index (Phi) is 8.67. The number of aromatic nitrogens is 6. The summed E-state index contributed by atoms with van der Waals surface area (Å²) in [6.45, 7) is 8.80. The monoisotopic (exact) mass is 756 g/mol. The van der Waals surface area contributed by atoms with Crippen LogP contribution >= 0.6 is 0 Å². The molecule has 0 N–H and O–H groups in total. The van der Waals surface area contributed by atoms with E-state index < -0.39 is 0 Å². The van der Waals surface area contributed by atoms with Gasteiger partial charge in [-0.05, 0) is 102 Å². The molecule has 0 spiro atoms. The molecule has 10 aromatic rings. The Bertz CT molecular complexity index is 2960. The third-order valence-electron chi connectivity index (χ3n) is 10.8. The molecule has 0 unspecified atom stereocenters. The summed E-state index contributed by atoms with van der Waals surface area (Å²) in [6, 6.07) is 45.4. The Morgan fingerprint density at radius 1 is 0.397 bits per heavy atom. The molecule has 5 heterocycles. The molecule has 0 amide bonds. The molecule has 0 saturated heterocycles. The molecular weight excluding hydrogens is 717 g/mol. The zero-order valence-corrected chi connectivity index (χ0v) is 32.7. The van der Waals surface area contributed by atoms with Gasteiger partial charge in [-0.2, -0.15) is 0 Å². The first-order chi connectivity index (χ1) is 28.4. The number of nitrogens with zero attached hydrogens (tertiary/aromatic N) is 6. The lowest BCUT2D eigenvalue weighted by Gasteiger charge is -2.14. The lowest BCUT2D eigenvalue weighted by Crippen LogP contribution is -1.99. The van der Waals surface area contributed by atoms with E-state index in [9.17, 15) is 0 Å². The number of para-hydroxylation sites is 2. The van der Waals surface area contributed by atoms with Crippen molar-refractivity contribution in [1.29, 1.82) is 0 Å². The molecule has 10 rings (SSSR count). The normalized spacial score (nSPS) is 11.8. The lowest BCUT2D eigenvalue weighted by atomic mass is 10.1. The van der Waals surface area contributed by atoms with Crippen LogP contribution in [0.2, 0.25) is 0 Å². The molecule has 0 aliphatic rings. The van der Waals surface area contributed by atoms with Crippen molar-refractivity contribution in [3.8, 4) is 46.0 Å². The molecule has 0 aliphatic heterocycles. The van der Waals surface area contributed by atoms with E-state index in [2.05, 4.69) is 144 Å². The van der Waals surface area contributed by atoms with Crippen LogP contribution in [0.5, 0.6) is 23.0 Å². The first-order valence-corrected chi connectivity index (χ1v) is 19.7. The van der Waals surface area contributed by atoms with E-state index in [1.165, 1.54) is 11.1 Å². The van der Waals surface area contributed by atoms with Crippen molar-refractivity contribution < 1.29 is 9.47 Å². The zero-order chi connectivity index (χ0) is 39.3. The molecule has 8 heteroatoms.